The van der Waals surface area contributed by atoms with Gasteiger partial charge in [-0.15, -0.1) is 0 Å². The Morgan fingerprint density at radius 2 is 1.95 bits per heavy atom. The summed E-state index contributed by atoms with van der Waals surface area (Å²) in [6, 6.07) is 14.2. The number of amides is 1. The number of hydrazone groups is 1. The van der Waals surface area contributed by atoms with Crippen LogP contribution < -0.4 is 5.43 Å². The first-order valence-electron chi connectivity index (χ1n) is 6.38. The van der Waals surface area contributed by atoms with Crippen molar-refractivity contribution in [2.45, 2.75) is 6.10 Å². The number of aliphatic hydroxyl groups is 1. The van der Waals surface area contributed by atoms with Gasteiger partial charge < -0.3 is 5.11 Å². The van der Waals surface area contributed by atoms with E-state index in [1.807, 2.05) is 0 Å². The predicted octanol–water partition coefficient (Wildman–Crippen LogP) is 1.78. The summed E-state index contributed by atoms with van der Waals surface area (Å²) in [5.41, 5.74) is 3.03. The number of non-ortho nitro benzene ring substituents is 1. The standard InChI is InChI=1S/C15H13N3O4/c19-14(12-6-2-1-3-7-12)15(20)17-16-10-11-5-4-8-13(9-11)18(21)22/h1-10,14,19H,(H,17,20)/b16-10+. The Bertz CT molecular complexity index is 701. The summed E-state index contributed by atoms with van der Waals surface area (Å²) in [7, 11) is 0. The van der Waals surface area contributed by atoms with Crippen molar-refractivity contribution in [1.82, 2.24) is 5.43 Å². The molecule has 0 aliphatic carbocycles. The average Bonchev–Trinajstić information content (AvgIpc) is 2.55. The van der Waals surface area contributed by atoms with Gasteiger partial charge in [-0.1, -0.05) is 42.5 Å². The molecule has 0 heterocycles. The van der Waals surface area contributed by atoms with Gasteiger partial charge in [-0.2, -0.15) is 5.10 Å². The smallest absolute Gasteiger partial charge is 0.273 e. The van der Waals surface area contributed by atoms with Crippen molar-refractivity contribution in [3.8, 4) is 0 Å². The molecule has 0 fully saturated rings. The summed E-state index contributed by atoms with van der Waals surface area (Å²) >= 11 is 0. The maximum atomic E-state index is 11.7. The molecule has 0 saturated heterocycles. The van der Waals surface area contributed by atoms with Crippen molar-refractivity contribution < 1.29 is 14.8 Å². The highest BCUT2D eigenvalue weighted by atomic mass is 16.6. The van der Waals surface area contributed by atoms with Gasteiger partial charge in [0.1, 0.15) is 0 Å². The lowest BCUT2D eigenvalue weighted by Gasteiger charge is -2.08. The Morgan fingerprint density at radius 1 is 1.23 bits per heavy atom. The van der Waals surface area contributed by atoms with E-state index in [0.29, 0.717) is 11.1 Å². The molecule has 7 nitrogen and oxygen atoms in total. The Balaban J connectivity index is 1.99. The van der Waals surface area contributed by atoms with Crippen LogP contribution >= 0.6 is 0 Å². The maximum absolute atomic E-state index is 11.7. The van der Waals surface area contributed by atoms with Gasteiger partial charge in [-0.25, -0.2) is 5.43 Å². The van der Waals surface area contributed by atoms with E-state index >= 15 is 0 Å². The van der Waals surface area contributed by atoms with Gasteiger partial charge in [-0.05, 0) is 5.56 Å². The van der Waals surface area contributed by atoms with Crippen LogP contribution in [0.4, 0.5) is 5.69 Å². The molecule has 0 radical (unpaired) electrons. The van der Waals surface area contributed by atoms with Gasteiger partial charge in [0.15, 0.2) is 6.10 Å². The summed E-state index contributed by atoms with van der Waals surface area (Å²) in [5.74, 6) is -0.687. The lowest BCUT2D eigenvalue weighted by Crippen LogP contribution is -2.25. The summed E-state index contributed by atoms with van der Waals surface area (Å²) in [4.78, 5) is 21.8. The number of benzene rings is 2. The Kier molecular flexibility index (Phi) is 4.94. The van der Waals surface area contributed by atoms with Crippen LogP contribution in [0.1, 0.15) is 17.2 Å². The van der Waals surface area contributed by atoms with Crippen molar-refractivity contribution in [3.05, 3.63) is 75.8 Å². The molecule has 1 atom stereocenters. The number of carbonyl (C=O) groups excluding carboxylic acids is 1. The van der Waals surface area contributed by atoms with Crippen molar-refractivity contribution in [3.63, 3.8) is 0 Å². The molecular weight excluding hydrogens is 286 g/mol. The van der Waals surface area contributed by atoms with Crippen LogP contribution in [0, 0.1) is 10.1 Å². The highest BCUT2D eigenvalue weighted by molar-refractivity contribution is 5.85. The van der Waals surface area contributed by atoms with Crippen molar-refractivity contribution in [1.29, 1.82) is 0 Å². The summed E-state index contributed by atoms with van der Waals surface area (Å²) < 4.78 is 0. The Hall–Kier alpha value is -3.06. The number of hydrogen-bond donors (Lipinski definition) is 2. The fraction of sp³-hybridized carbons (Fsp3) is 0.0667. The Morgan fingerprint density at radius 3 is 2.64 bits per heavy atom. The molecule has 22 heavy (non-hydrogen) atoms. The van der Waals surface area contributed by atoms with E-state index in [4.69, 9.17) is 0 Å². The van der Waals surface area contributed by atoms with Crippen molar-refractivity contribution in [2.24, 2.45) is 5.10 Å². The largest absolute Gasteiger partial charge is 0.378 e. The zero-order valence-electron chi connectivity index (χ0n) is 11.4. The minimum Gasteiger partial charge on any atom is -0.378 e. The third-order valence-electron chi connectivity index (χ3n) is 2.83. The molecule has 2 N–H and O–H groups in total. The lowest BCUT2D eigenvalue weighted by atomic mass is 10.1. The number of rotatable bonds is 5. The summed E-state index contributed by atoms with van der Waals surface area (Å²) in [5, 5.41) is 24.1. The molecule has 2 aromatic rings. The molecule has 0 spiro atoms. The SMILES string of the molecule is O=C(N/N=C/c1cccc([N+](=O)[O-])c1)C(O)c1ccccc1. The first-order valence-corrected chi connectivity index (χ1v) is 6.38. The molecule has 0 aliphatic heterocycles. The number of hydrogen-bond acceptors (Lipinski definition) is 5. The average molecular weight is 299 g/mol. The summed E-state index contributed by atoms with van der Waals surface area (Å²) in [6.45, 7) is 0. The Labute approximate surface area is 126 Å². The highest BCUT2D eigenvalue weighted by Crippen LogP contribution is 2.12. The van der Waals surface area contributed by atoms with Crippen LogP contribution in [0.3, 0.4) is 0 Å². The third-order valence-corrected chi connectivity index (χ3v) is 2.83. The molecule has 1 unspecified atom stereocenters. The van der Waals surface area contributed by atoms with Gasteiger partial charge in [0.25, 0.3) is 11.6 Å². The molecule has 0 aliphatic rings. The van der Waals surface area contributed by atoms with Crippen LogP contribution in [-0.2, 0) is 4.79 Å². The quantitative estimate of drug-likeness (QED) is 0.498. The number of carbonyl (C=O) groups is 1. The normalized spacial score (nSPS) is 12.0. The van der Waals surface area contributed by atoms with Gasteiger partial charge in [0.2, 0.25) is 0 Å². The van der Waals surface area contributed by atoms with Crippen LogP contribution in [0.15, 0.2) is 59.7 Å². The van der Waals surface area contributed by atoms with Crippen molar-refractivity contribution in [2.75, 3.05) is 0 Å². The van der Waals surface area contributed by atoms with Crippen LogP contribution in [0.25, 0.3) is 0 Å². The highest BCUT2D eigenvalue weighted by Gasteiger charge is 2.15. The second-order valence-electron chi connectivity index (χ2n) is 4.40. The van der Waals surface area contributed by atoms with E-state index in [-0.39, 0.29) is 5.69 Å². The molecule has 7 heteroatoms. The van der Waals surface area contributed by atoms with Gasteiger partial charge >= 0.3 is 0 Å². The van der Waals surface area contributed by atoms with E-state index < -0.39 is 16.9 Å². The molecule has 112 valence electrons. The van der Waals surface area contributed by atoms with Gasteiger partial charge in [-0.3, -0.25) is 14.9 Å². The molecule has 0 bridgehead atoms. The fourth-order valence-electron chi connectivity index (χ4n) is 1.74. The van der Waals surface area contributed by atoms with Crippen LogP contribution in [0.2, 0.25) is 0 Å². The van der Waals surface area contributed by atoms with E-state index in [1.54, 1.807) is 36.4 Å². The first kappa shape index (κ1) is 15.3. The van der Waals surface area contributed by atoms with Gasteiger partial charge in [0.05, 0.1) is 11.1 Å². The first-order chi connectivity index (χ1) is 10.6. The predicted molar refractivity (Wildman–Crippen MR) is 80.2 cm³/mol. The van der Waals surface area contributed by atoms with Crippen LogP contribution in [0.5, 0.6) is 0 Å². The fourth-order valence-corrected chi connectivity index (χ4v) is 1.74. The lowest BCUT2D eigenvalue weighted by molar-refractivity contribution is -0.384. The second kappa shape index (κ2) is 7.09. The van der Waals surface area contributed by atoms with E-state index in [9.17, 15) is 20.0 Å². The summed E-state index contributed by atoms with van der Waals surface area (Å²) in [6.07, 6.45) is -0.0636. The zero-order chi connectivity index (χ0) is 15.9. The number of nitrogens with one attached hydrogen (secondary N) is 1. The minimum atomic E-state index is -1.33. The zero-order valence-corrected chi connectivity index (χ0v) is 11.4. The monoisotopic (exact) mass is 299 g/mol. The van der Waals surface area contributed by atoms with Crippen molar-refractivity contribution >= 4 is 17.8 Å². The second-order valence-corrected chi connectivity index (χ2v) is 4.40. The number of nitrogens with zero attached hydrogens (tertiary/aromatic N) is 2. The van der Waals surface area contributed by atoms with Crippen LogP contribution in [-0.4, -0.2) is 22.2 Å². The molecule has 2 aromatic carbocycles. The topological polar surface area (TPSA) is 105 Å². The number of nitro groups is 1. The number of nitro benzene ring substituents is 1. The molecule has 2 rings (SSSR count). The molecule has 1 amide bonds. The van der Waals surface area contributed by atoms with Gasteiger partial charge in [0, 0.05) is 17.7 Å². The molecular formula is C15H13N3O4. The van der Waals surface area contributed by atoms with E-state index in [2.05, 4.69) is 10.5 Å². The number of aliphatic hydroxyl groups excluding tert-OH is 1. The molecule has 0 saturated carbocycles. The van der Waals surface area contributed by atoms with E-state index in [1.165, 1.54) is 24.4 Å². The minimum absolute atomic E-state index is 0.0698. The maximum Gasteiger partial charge on any atom is 0.273 e. The molecule has 0 aromatic heterocycles. The third kappa shape index (κ3) is 3.97. The van der Waals surface area contributed by atoms with E-state index in [0.717, 1.165) is 0 Å².